The van der Waals surface area contributed by atoms with E-state index in [1.807, 2.05) is 44.2 Å². The second-order valence-electron chi connectivity index (χ2n) is 7.20. The summed E-state index contributed by atoms with van der Waals surface area (Å²) in [5.41, 5.74) is 0.900. The highest BCUT2D eigenvalue weighted by atomic mass is 16.6. The number of amides is 1. The van der Waals surface area contributed by atoms with E-state index in [2.05, 4.69) is 5.32 Å². The standard InChI is InChI=1S/C19H25NO5/c1-11(2)16(18(22)14-8-13(14)17(21)15-10-24-15)20-19(23)25-9-12-6-4-3-5-7-12/h3-7,11,13-16,18,22H,8-10H2,1-2H3,(H,20,23)/t13?,14?,15?,16-,18?/m0/s1. The normalized spacial score (nSPS) is 26.6. The zero-order valence-electron chi connectivity index (χ0n) is 14.6. The summed E-state index contributed by atoms with van der Waals surface area (Å²) >= 11 is 0. The first kappa shape index (κ1) is 17.9. The third-order valence-corrected chi connectivity index (χ3v) is 4.88. The van der Waals surface area contributed by atoms with Crippen LogP contribution in [0.15, 0.2) is 30.3 Å². The number of Topliss-reactive ketones (excluding diaryl/α,β-unsaturated/α-hetero) is 1. The Bertz CT molecular complexity index is 614. The molecule has 6 nitrogen and oxygen atoms in total. The van der Waals surface area contributed by atoms with Crippen LogP contribution >= 0.6 is 0 Å². The van der Waals surface area contributed by atoms with Gasteiger partial charge in [-0.2, -0.15) is 0 Å². The number of alkyl carbamates (subject to hydrolysis) is 1. The molecule has 0 spiro atoms. The molecular weight excluding hydrogens is 322 g/mol. The Hall–Kier alpha value is -1.92. The molecule has 136 valence electrons. The quantitative estimate of drug-likeness (QED) is 0.701. The summed E-state index contributed by atoms with van der Waals surface area (Å²) in [6.07, 6.45) is -0.944. The maximum Gasteiger partial charge on any atom is 0.407 e. The van der Waals surface area contributed by atoms with Gasteiger partial charge < -0.3 is 19.9 Å². The van der Waals surface area contributed by atoms with Crippen molar-refractivity contribution in [2.24, 2.45) is 17.8 Å². The van der Waals surface area contributed by atoms with Gasteiger partial charge in [-0.15, -0.1) is 0 Å². The zero-order chi connectivity index (χ0) is 18.0. The van der Waals surface area contributed by atoms with Crippen LogP contribution in [0.1, 0.15) is 25.8 Å². The first-order chi connectivity index (χ1) is 12.0. The van der Waals surface area contributed by atoms with Gasteiger partial charge in [-0.05, 0) is 23.8 Å². The zero-order valence-corrected chi connectivity index (χ0v) is 14.6. The molecule has 0 bridgehead atoms. The highest BCUT2D eigenvalue weighted by Crippen LogP contribution is 2.45. The van der Waals surface area contributed by atoms with Gasteiger partial charge in [-0.3, -0.25) is 4.79 Å². The van der Waals surface area contributed by atoms with E-state index in [4.69, 9.17) is 9.47 Å². The molecule has 5 atom stereocenters. The molecule has 0 aromatic heterocycles. The second kappa shape index (κ2) is 7.54. The molecule has 1 saturated carbocycles. The first-order valence-corrected chi connectivity index (χ1v) is 8.78. The van der Waals surface area contributed by atoms with Crippen LogP contribution < -0.4 is 5.32 Å². The molecule has 1 heterocycles. The molecule has 1 aromatic rings. The number of carbonyl (C=O) groups is 2. The Labute approximate surface area is 147 Å². The molecule has 1 aromatic carbocycles. The van der Waals surface area contributed by atoms with Crippen molar-refractivity contribution >= 4 is 11.9 Å². The van der Waals surface area contributed by atoms with Crippen LogP contribution in [0.25, 0.3) is 0 Å². The van der Waals surface area contributed by atoms with E-state index in [-0.39, 0.29) is 36.2 Å². The van der Waals surface area contributed by atoms with Gasteiger partial charge in [0.1, 0.15) is 12.7 Å². The average Bonchev–Trinajstić information content (AvgIpc) is 3.49. The fourth-order valence-corrected chi connectivity index (χ4v) is 3.18. The van der Waals surface area contributed by atoms with E-state index < -0.39 is 18.2 Å². The summed E-state index contributed by atoms with van der Waals surface area (Å²) in [5, 5.41) is 13.4. The van der Waals surface area contributed by atoms with Crippen molar-refractivity contribution in [1.82, 2.24) is 5.32 Å². The Morgan fingerprint density at radius 2 is 2.00 bits per heavy atom. The lowest BCUT2D eigenvalue weighted by atomic mass is 9.94. The number of hydrogen-bond donors (Lipinski definition) is 2. The predicted octanol–water partition coefficient (Wildman–Crippen LogP) is 1.90. The van der Waals surface area contributed by atoms with Crippen LogP contribution in [0.3, 0.4) is 0 Å². The molecule has 2 aliphatic rings. The van der Waals surface area contributed by atoms with Crippen molar-refractivity contribution in [2.75, 3.05) is 6.61 Å². The maximum absolute atomic E-state index is 12.1. The molecule has 1 amide bonds. The molecule has 4 unspecified atom stereocenters. The van der Waals surface area contributed by atoms with Crippen molar-refractivity contribution in [1.29, 1.82) is 0 Å². The van der Waals surface area contributed by atoms with Crippen molar-refractivity contribution in [3.8, 4) is 0 Å². The highest BCUT2D eigenvalue weighted by molar-refractivity contribution is 5.89. The average molecular weight is 347 g/mol. The lowest BCUT2D eigenvalue weighted by Crippen LogP contribution is -2.48. The number of rotatable bonds is 8. The van der Waals surface area contributed by atoms with E-state index in [0.717, 1.165) is 5.56 Å². The van der Waals surface area contributed by atoms with E-state index >= 15 is 0 Å². The van der Waals surface area contributed by atoms with Crippen LogP contribution in [0.4, 0.5) is 4.79 Å². The smallest absolute Gasteiger partial charge is 0.407 e. The molecular formula is C19H25NO5. The fourth-order valence-electron chi connectivity index (χ4n) is 3.18. The molecule has 3 rings (SSSR count). The van der Waals surface area contributed by atoms with Gasteiger partial charge in [-0.1, -0.05) is 44.2 Å². The minimum Gasteiger partial charge on any atom is -0.445 e. The summed E-state index contributed by atoms with van der Waals surface area (Å²) in [6, 6.07) is 8.96. The molecule has 0 radical (unpaired) electrons. The highest BCUT2D eigenvalue weighted by Gasteiger charge is 2.53. The summed E-state index contributed by atoms with van der Waals surface area (Å²) < 4.78 is 10.3. The van der Waals surface area contributed by atoms with Gasteiger partial charge in [0.15, 0.2) is 5.78 Å². The number of epoxide rings is 1. The van der Waals surface area contributed by atoms with Gasteiger partial charge in [0.25, 0.3) is 0 Å². The third kappa shape index (κ3) is 4.58. The molecule has 2 N–H and O–H groups in total. The van der Waals surface area contributed by atoms with Crippen molar-refractivity contribution in [3.05, 3.63) is 35.9 Å². The molecule has 25 heavy (non-hydrogen) atoms. The van der Waals surface area contributed by atoms with Crippen molar-refractivity contribution in [3.63, 3.8) is 0 Å². The number of nitrogens with one attached hydrogen (secondary N) is 1. The second-order valence-corrected chi connectivity index (χ2v) is 7.20. The largest absolute Gasteiger partial charge is 0.445 e. The van der Waals surface area contributed by atoms with E-state index in [0.29, 0.717) is 13.0 Å². The summed E-state index contributed by atoms with van der Waals surface area (Å²) in [6.45, 7) is 4.52. The maximum atomic E-state index is 12.1. The molecule has 1 aliphatic carbocycles. The van der Waals surface area contributed by atoms with Crippen LogP contribution in [0.5, 0.6) is 0 Å². The Balaban J connectivity index is 1.50. The predicted molar refractivity (Wildman–Crippen MR) is 90.7 cm³/mol. The Kier molecular flexibility index (Phi) is 5.39. The number of ketones is 1. The first-order valence-electron chi connectivity index (χ1n) is 8.78. The van der Waals surface area contributed by atoms with Crippen LogP contribution in [-0.4, -0.2) is 41.8 Å². The number of benzene rings is 1. The van der Waals surface area contributed by atoms with Gasteiger partial charge in [-0.25, -0.2) is 4.79 Å². The van der Waals surface area contributed by atoms with Crippen LogP contribution in [-0.2, 0) is 20.9 Å². The van der Waals surface area contributed by atoms with Crippen LogP contribution in [0.2, 0.25) is 0 Å². The summed E-state index contributed by atoms with van der Waals surface area (Å²) in [4.78, 5) is 24.1. The Morgan fingerprint density at radius 1 is 1.32 bits per heavy atom. The lowest BCUT2D eigenvalue weighted by Gasteiger charge is -2.27. The van der Waals surface area contributed by atoms with Gasteiger partial charge in [0, 0.05) is 5.92 Å². The van der Waals surface area contributed by atoms with Gasteiger partial charge >= 0.3 is 6.09 Å². The topological polar surface area (TPSA) is 88.2 Å². The molecule has 2 fully saturated rings. The van der Waals surface area contributed by atoms with Crippen molar-refractivity contribution in [2.45, 2.75) is 45.1 Å². The van der Waals surface area contributed by atoms with E-state index in [9.17, 15) is 14.7 Å². The third-order valence-electron chi connectivity index (χ3n) is 4.88. The number of aliphatic hydroxyl groups excluding tert-OH is 1. The fraction of sp³-hybridized carbons (Fsp3) is 0.579. The van der Waals surface area contributed by atoms with E-state index in [1.54, 1.807) is 0 Å². The Morgan fingerprint density at radius 3 is 2.60 bits per heavy atom. The monoisotopic (exact) mass is 347 g/mol. The van der Waals surface area contributed by atoms with Crippen LogP contribution in [0, 0.1) is 17.8 Å². The number of aliphatic hydroxyl groups is 1. The minimum atomic E-state index is -0.767. The summed E-state index contributed by atoms with van der Waals surface area (Å²) in [5.74, 6) is -0.157. The number of ether oxygens (including phenoxy) is 2. The molecule has 1 saturated heterocycles. The number of hydrogen-bond acceptors (Lipinski definition) is 5. The lowest BCUT2D eigenvalue weighted by molar-refractivity contribution is -0.122. The SMILES string of the molecule is CC(C)[C@H](NC(=O)OCc1ccccc1)C(O)C1CC1C(=O)C1CO1. The van der Waals surface area contributed by atoms with Gasteiger partial charge in [0.2, 0.25) is 0 Å². The minimum absolute atomic E-state index is 0.0211. The van der Waals surface area contributed by atoms with E-state index in [1.165, 1.54) is 0 Å². The number of carbonyl (C=O) groups excluding carboxylic acids is 2. The van der Waals surface area contributed by atoms with Crippen molar-refractivity contribution < 1.29 is 24.2 Å². The summed E-state index contributed by atoms with van der Waals surface area (Å²) in [7, 11) is 0. The van der Waals surface area contributed by atoms with Gasteiger partial charge in [0.05, 0.1) is 18.8 Å². The molecule has 6 heteroatoms. The molecule has 1 aliphatic heterocycles.